The highest BCUT2D eigenvalue weighted by Gasteiger charge is 2.72. The van der Waals surface area contributed by atoms with Gasteiger partial charge in [-0.25, -0.2) is 4.39 Å². The van der Waals surface area contributed by atoms with Crippen molar-refractivity contribution in [3.63, 3.8) is 0 Å². The van der Waals surface area contributed by atoms with Gasteiger partial charge in [-0.2, -0.15) is 0 Å². The molecule has 198 valence electrons. The third-order valence-corrected chi connectivity index (χ3v) is 8.33. The zero-order valence-corrected chi connectivity index (χ0v) is 22.4. The number of halogens is 1. The van der Waals surface area contributed by atoms with Crippen molar-refractivity contribution in [1.82, 2.24) is 0 Å². The second kappa shape index (κ2) is 8.73. The smallest absolute Gasteiger partial charge is 0.180 e. The molecule has 3 aliphatic rings. The Balaban J connectivity index is 1.72. The number of hydrogen-bond acceptors (Lipinski definition) is 5. The lowest BCUT2D eigenvalue weighted by molar-refractivity contribution is -0.127. The highest BCUT2D eigenvalue weighted by atomic mass is 19.1. The molecule has 0 aromatic heterocycles. The lowest BCUT2D eigenvalue weighted by Crippen LogP contribution is -2.49. The zero-order valence-electron chi connectivity index (χ0n) is 22.4. The lowest BCUT2D eigenvalue weighted by atomic mass is 9.63. The predicted molar refractivity (Wildman–Crippen MR) is 148 cm³/mol. The van der Waals surface area contributed by atoms with Crippen molar-refractivity contribution in [2.75, 3.05) is 11.5 Å². The number of rotatable bonds is 4. The van der Waals surface area contributed by atoms with E-state index in [-0.39, 0.29) is 17.3 Å². The van der Waals surface area contributed by atoms with E-state index in [9.17, 15) is 18.8 Å². The fraction of sp³-hybridized carbons (Fsp3) is 0.303. The van der Waals surface area contributed by atoms with Crippen LogP contribution < -0.4 is 9.64 Å². The fourth-order valence-electron chi connectivity index (χ4n) is 6.76. The number of fused-ring (bicyclic) bond motifs is 5. The van der Waals surface area contributed by atoms with E-state index in [4.69, 9.17) is 4.74 Å². The molecule has 1 spiro atoms. The summed E-state index contributed by atoms with van der Waals surface area (Å²) < 4.78 is 20.3. The zero-order chi connectivity index (χ0) is 27.7. The van der Waals surface area contributed by atoms with Crippen LogP contribution in [0.2, 0.25) is 0 Å². The number of anilines is 1. The van der Waals surface area contributed by atoms with Gasteiger partial charge in [-0.15, -0.1) is 0 Å². The molecule has 2 aliphatic heterocycles. The van der Waals surface area contributed by atoms with E-state index in [1.54, 1.807) is 42.5 Å². The average Bonchev–Trinajstić information content (AvgIpc) is 3.34. The summed E-state index contributed by atoms with van der Waals surface area (Å²) in [6.45, 7) is 7.79. The number of hydrogen-bond donors (Lipinski definition) is 0. The minimum absolute atomic E-state index is 0.109. The molecule has 3 aromatic rings. The van der Waals surface area contributed by atoms with E-state index in [1.807, 2.05) is 56.9 Å². The van der Waals surface area contributed by atoms with Crippen LogP contribution in [0.25, 0.3) is 6.08 Å². The maximum absolute atomic E-state index is 14.6. The number of carbonyl (C=O) groups excluding carboxylic acids is 3. The van der Waals surface area contributed by atoms with Gasteiger partial charge in [0.05, 0.1) is 18.7 Å². The summed E-state index contributed by atoms with van der Waals surface area (Å²) in [7, 11) is 0. The first-order valence-electron chi connectivity index (χ1n) is 13.3. The van der Waals surface area contributed by atoms with Crippen molar-refractivity contribution in [2.24, 2.45) is 10.8 Å². The predicted octanol–water partition coefficient (Wildman–Crippen LogP) is 6.27. The Morgan fingerprint density at radius 2 is 1.62 bits per heavy atom. The molecule has 0 saturated carbocycles. The quantitative estimate of drug-likeness (QED) is 0.377. The molecule has 0 radical (unpaired) electrons. The highest BCUT2D eigenvalue weighted by Crippen LogP contribution is 2.62. The van der Waals surface area contributed by atoms with Crippen molar-refractivity contribution < 1.29 is 23.5 Å². The van der Waals surface area contributed by atoms with Gasteiger partial charge in [-0.05, 0) is 31.2 Å². The van der Waals surface area contributed by atoms with Gasteiger partial charge in [0.2, 0.25) is 0 Å². The van der Waals surface area contributed by atoms with Crippen LogP contribution in [0.4, 0.5) is 10.1 Å². The molecule has 0 bridgehead atoms. The summed E-state index contributed by atoms with van der Waals surface area (Å²) >= 11 is 0. The molecule has 0 unspecified atom stereocenters. The number of Topliss-reactive ketones (excluding diaryl/α,β-unsaturated/α-hetero) is 3. The summed E-state index contributed by atoms with van der Waals surface area (Å²) in [6, 6.07) is 17.0. The van der Waals surface area contributed by atoms with Gasteiger partial charge >= 0.3 is 0 Å². The number of ketones is 3. The molecule has 5 nitrogen and oxygen atoms in total. The molecule has 3 atom stereocenters. The van der Waals surface area contributed by atoms with Crippen LogP contribution in [0.15, 0.2) is 72.8 Å². The molecule has 6 rings (SSSR count). The van der Waals surface area contributed by atoms with Crippen LogP contribution in [0.1, 0.15) is 65.5 Å². The highest BCUT2D eigenvalue weighted by molar-refractivity contribution is 6.32. The number of carbonyl (C=O) groups is 3. The van der Waals surface area contributed by atoms with Crippen molar-refractivity contribution in [1.29, 1.82) is 0 Å². The number of ether oxygens (including phenoxy) is 1. The van der Waals surface area contributed by atoms with Crippen molar-refractivity contribution in [3.8, 4) is 5.75 Å². The van der Waals surface area contributed by atoms with E-state index in [1.165, 1.54) is 12.1 Å². The molecule has 0 amide bonds. The Morgan fingerprint density at radius 3 is 2.26 bits per heavy atom. The lowest BCUT2D eigenvalue weighted by Gasteiger charge is -2.38. The minimum Gasteiger partial charge on any atom is -0.494 e. The number of benzene rings is 3. The Bertz CT molecular complexity index is 1530. The van der Waals surface area contributed by atoms with Gasteiger partial charge in [0.1, 0.15) is 17.0 Å². The SMILES string of the molecule is CCOc1ccccc1[C@@H]1[C@@H](C(=O)C(C)(C)C)N2c3ccc(F)cc3C=C[C@@H]2C12C(=O)c1ccccc1C2=O. The molecule has 1 saturated heterocycles. The van der Waals surface area contributed by atoms with Crippen LogP contribution in [0, 0.1) is 16.6 Å². The van der Waals surface area contributed by atoms with E-state index < -0.39 is 34.6 Å². The second-order valence-electron chi connectivity index (χ2n) is 11.5. The summed E-state index contributed by atoms with van der Waals surface area (Å²) in [5, 5.41) is 0. The topological polar surface area (TPSA) is 63.7 Å². The molecule has 1 fully saturated rings. The Kier molecular flexibility index (Phi) is 5.65. The van der Waals surface area contributed by atoms with Gasteiger partial charge < -0.3 is 9.64 Å². The Labute approximate surface area is 227 Å². The van der Waals surface area contributed by atoms with E-state index in [0.717, 1.165) is 0 Å². The molecule has 3 aromatic carbocycles. The summed E-state index contributed by atoms with van der Waals surface area (Å²) in [5.74, 6) is -1.41. The van der Waals surface area contributed by atoms with Crippen LogP contribution >= 0.6 is 0 Å². The van der Waals surface area contributed by atoms with Gasteiger partial charge in [0, 0.05) is 39.3 Å². The first kappa shape index (κ1) is 25.2. The maximum atomic E-state index is 14.6. The molecular formula is C33H30FNO4. The molecule has 0 N–H and O–H groups in total. The van der Waals surface area contributed by atoms with Crippen LogP contribution in [0.3, 0.4) is 0 Å². The van der Waals surface area contributed by atoms with Crippen molar-refractivity contribution >= 4 is 29.1 Å². The maximum Gasteiger partial charge on any atom is 0.180 e. The third-order valence-electron chi connectivity index (χ3n) is 8.33. The standard InChI is InChI=1S/C33H30FNO4/c1-5-39-25-13-9-8-12-23(25)27-28(31(38)32(2,3)4)35-24-16-15-20(34)18-19(24)14-17-26(35)33(27)29(36)21-10-6-7-11-22(21)30(33)37/h6-18,26-28H,5H2,1-4H3/t26-,27-,28+/m1/s1. The molecule has 6 heteroatoms. The van der Waals surface area contributed by atoms with Crippen LogP contribution in [0.5, 0.6) is 5.75 Å². The number of para-hydroxylation sites is 1. The molecule has 39 heavy (non-hydrogen) atoms. The largest absolute Gasteiger partial charge is 0.494 e. The first-order chi connectivity index (χ1) is 18.6. The van der Waals surface area contributed by atoms with Crippen LogP contribution in [-0.4, -0.2) is 36.0 Å². The number of nitrogens with zero attached hydrogens (tertiary/aromatic N) is 1. The van der Waals surface area contributed by atoms with E-state index in [2.05, 4.69) is 0 Å². The van der Waals surface area contributed by atoms with Crippen LogP contribution in [-0.2, 0) is 4.79 Å². The molecule has 2 heterocycles. The van der Waals surface area contributed by atoms with Gasteiger partial charge in [-0.1, -0.05) is 75.4 Å². The minimum atomic E-state index is -1.61. The summed E-state index contributed by atoms with van der Waals surface area (Å²) in [4.78, 5) is 45.6. The van der Waals surface area contributed by atoms with Gasteiger partial charge in [0.25, 0.3) is 0 Å². The van der Waals surface area contributed by atoms with Crippen molar-refractivity contribution in [3.05, 3.63) is 101 Å². The average molecular weight is 524 g/mol. The Hall–Kier alpha value is -4.06. The molecule has 1 aliphatic carbocycles. The van der Waals surface area contributed by atoms with E-state index >= 15 is 0 Å². The fourth-order valence-corrected chi connectivity index (χ4v) is 6.76. The van der Waals surface area contributed by atoms with Gasteiger partial charge in [0.15, 0.2) is 17.3 Å². The Morgan fingerprint density at radius 1 is 0.974 bits per heavy atom. The normalized spacial score (nSPS) is 22.6. The summed E-state index contributed by atoms with van der Waals surface area (Å²) in [5.41, 5.74) is 0.194. The summed E-state index contributed by atoms with van der Waals surface area (Å²) in [6.07, 6.45) is 3.57. The first-order valence-corrected chi connectivity index (χ1v) is 13.3. The third kappa shape index (κ3) is 3.40. The second-order valence-corrected chi connectivity index (χ2v) is 11.5. The monoisotopic (exact) mass is 523 g/mol. The van der Waals surface area contributed by atoms with Crippen molar-refractivity contribution in [2.45, 2.75) is 45.7 Å². The van der Waals surface area contributed by atoms with E-state index in [0.29, 0.717) is 40.3 Å². The van der Waals surface area contributed by atoms with Gasteiger partial charge in [-0.3, -0.25) is 14.4 Å². The molecular weight excluding hydrogens is 493 g/mol.